The van der Waals surface area contributed by atoms with Crippen molar-refractivity contribution in [3.05, 3.63) is 100 Å². The molecule has 0 N–H and O–H groups in total. The van der Waals surface area contributed by atoms with E-state index in [0.717, 1.165) is 21.3 Å². The van der Waals surface area contributed by atoms with Crippen molar-refractivity contribution < 1.29 is 4.39 Å². The third-order valence-corrected chi connectivity index (χ3v) is 5.53. The first-order valence-electron chi connectivity index (χ1n) is 9.29. The van der Waals surface area contributed by atoms with Crippen LogP contribution in [0.5, 0.6) is 0 Å². The highest BCUT2D eigenvalue weighted by molar-refractivity contribution is 9.10. The van der Waals surface area contributed by atoms with Gasteiger partial charge in [-0.1, -0.05) is 76.6 Å². The fourth-order valence-electron chi connectivity index (χ4n) is 3.56. The van der Waals surface area contributed by atoms with E-state index < -0.39 is 0 Å². The van der Waals surface area contributed by atoms with Gasteiger partial charge >= 0.3 is 0 Å². The van der Waals surface area contributed by atoms with Gasteiger partial charge in [0.25, 0.3) is 0 Å². The van der Waals surface area contributed by atoms with E-state index in [9.17, 15) is 4.39 Å². The third-order valence-electron chi connectivity index (χ3n) is 5.00. The largest absolute Gasteiger partial charge is 0.249 e. The van der Waals surface area contributed by atoms with Crippen LogP contribution in [0.3, 0.4) is 0 Å². The van der Waals surface area contributed by atoms with Crippen molar-refractivity contribution in [2.45, 2.75) is 12.5 Å². The molecule has 0 fully saturated rings. The average molecular weight is 447 g/mol. The Morgan fingerprint density at radius 1 is 0.862 bits per heavy atom. The minimum atomic E-state index is -0.313. The summed E-state index contributed by atoms with van der Waals surface area (Å²) in [5, 5.41) is 4.69. The summed E-state index contributed by atoms with van der Waals surface area (Å²) < 4.78 is 17.4. The highest BCUT2D eigenvalue weighted by atomic mass is 79.9. The minimum absolute atomic E-state index is 0.253. The molecular weight excluding hydrogens is 431 g/mol. The normalized spacial score (nSPS) is 15.7. The topological polar surface area (TPSA) is 43.1 Å². The van der Waals surface area contributed by atoms with E-state index in [-0.39, 0.29) is 11.9 Å². The molecule has 1 aliphatic rings. The van der Waals surface area contributed by atoms with E-state index in [4.69, 9.17) is 4.99 Å². The molecule has 2 heterocycles. The number of halogens is 2. The first-order valence-corrected chi connectivity index (χ1v) is 10.1. The molecule has 29 heavy (non-hydrogen) atoms. The number of hydrogen-bond donors (Lipinski definition) is 0. The molecule has 0 spiro atoms. The Kier molecular flexibility index (Phi) is 4.56. The van der Waals surface area contributed by atoms with E-state index in [1.165, 1.54) is 6.07 Å². The summed E-state index contributed by atoms with van der Waals surface area (Å²) in [6, 6.07) is 24.2. The van der Waals surface area contributed by atoms with E-state index >= 15 is 0 Å². The minimum Gasteiger partial charge on any atom is -0.221 e. The zero-order chi connectivity index (χ0) is 19.8. The molecule has 1 aliphatic heterocycles. The van der Waals surface area contributed by atoms with E-state index in [2.05, 4.69) is 26.0 Å². The van der Waals surface area contributed by atoms with Crippen LogP contribution in [-0.2, 0) is 0 Å². The first kappa shape index (κ1) is 17.9. The Bertz CT molecular complexity index is 1200. The molecule has 3 aromatic carbocycles. The lowest BCUT2D eigenvalue weighted by atomic mass is 9.96. The van der Waals surface area contributed by atoms with Crippen LogP contribution in [0, 0.1) is 5.82 Å². The summed E-state index contributed by atoms with van der Waals surface area (Å²) >= 11 is 3.47. The van der Waals surface area contributed by atoms with Crippen molar-refractivity contribution in [2.24, 2.45) is 4.99 Å². The SMILES string of the molecule is Fc1ccccc1C1CC(c2ccc(Br)cc2)=Nc2nc(-c3ccccc3)nn21. The van der Waals surface area contributed by atoms with E-state index in [1.807, 2.05) is 60.7 Å². The Labute approximate surface area is 175 Å². The molecule has 0 aliphatic carbocycles. The lowest BCUT2D eigenvalue weighted by Gasteiger charge is -2.24. The molecule has 1 atom stereocenters. The number of nitrogens with zero attached hydrogens (tertiary/aromatic N) is 4. The molecule has 1 unspecified atom stereocenters. The summed E-state index contributed by atoms with van der Waals surface area (Å²) in [5.41, 5.74) is 3.35. The fraction of sp³-hybridized carbons (Fsp3) is 0.0870. The zero-order valence-electron chi connectivity index (χ0n) is 15.3. The van der Waals surface area contributed by atoms with Gasteiger partial charge in [-0.2, -0.15) is 4.98 Å². The third kappa shape index (κ3) is 3.40. The standard InChI is InChI=1S/C23H16BrFN4/c24-17-12-10-15(11-13-17)20-14-21(18-8-4-5-9-19(18)25)29-23(26-20)27-22(28-29)16-6-2-1-3-7-16/h1-13,21H,14H2. The maximum Gasteiger partial charge on any atom is 0.249 e. The van der Waals surface area contributed by atoms with Crippen molar-refractivity contribution in [1.82, 2.24) is 14.8 Å². The van der Waals surface area contributed by atoms with Crippen molar-refractivity contribution in [1.29, 1.82) is 0 Å². The Morgan fingerprint density at radius 2 is 1.59 bits per heavy atom. The fourth-order valence-corrected chi connectivity index (χ4v) is 3.82. The molecule has 5 rings (SSSR count). The maximum atomic E-state index is 14.7. The van der Waals surface area contributed by atoms with E-state index in [0.29, 0.717) is 23.8 Å². The smallest absolute Gasteiger partial charge is 0.221 e. The zero-order valence-corrected chi connectivity index (χ0v) is 16.9. The van der Waals surface area contributed by atoms with Gasteiger partial charge in [-0.05, 0) is 23.8 Å². The second-order valence-electron chi connectivity index (χ2n) is 6.85. The predicted molar refractivity (Wildman–Crippen MR) is 115 cm³/mol. The Morgan fingerprint density at radius 3 is 2.34 bits per heavy atom. The summed E-state index contributed by atoms with van der Waals surface area (Å²) in [7, 11) is 0. The maximum absolute atomic E-state index is 14.7. The van der Waals surface area contributed by atoms with Crippen LogP contribution >= 0.6 is 15.9 Å². The van der Waals surface area contributed by atoms with E-state index in [1.54, 1.807) is 16.8 Å². The number of aliphatic imine (C=N–C) groups is 1. The molecule has 0 saturated carbocycles. The van der Waals surface area contributed by atoms with Gasteiger partial charge in [-0.25, -0.2) is 14.1 Å². The number of benzene rings is 3. The van der Waals surface area contributed by atoms with Crippen molar-refractivity contribution in [2.75, 3.05) is 0 Å². The Hall–Kier alpha value is -3.12. The molecule has 0 radical (unpaired) electrons. The van der Waals surface area contributed by atoms with Gasteiger partial charge in [0, 0.05) is 22.0 Å². The second kappa shape index (κ2) is 7.37. The second-order valence-corrected chi connectivity index (χ2v) is 7.77. The molecule has 0 saturated heterocycles. The quantitative estimate of drug-likeness (QED) is 0.389. The van der Waals surface area contributed by atoms with Crippen LogP contribution in [0.25, 0.3) is 11.4 Å². The predicted octanol–water partition coefficient (Wildman–Crippen LogP) is 5.96. The molecule has 6 heteroatoms. The number of rotatable bonds is 3. The van der Waals surface area contributed by atoms with Crippen LogP contribution in [0.15, 0.2) is 88.3 Å². The first-order chi connectivity index (χ1) is 14.2. The van der Waals surface area contributed by atoms with Crippen LogP contribution in [0.2, 0.25) is 0 Å². The average Bonchev–Trinajstić information content (AvgIpc) is 3.19. The molecule has 4 aromatic rings. The van der Waals surface area contributed by atoms with Gasteiger partial charge in [-0.3, -0.25) is 0 Å². The van der Waals surface area contributed by atoms with Crippen molar-refractivity contribution in [3.63, 3.8) is 0 Å². The molecule has 0 bridgehead atoms. The molecule has 142 valence electrons. The molecule has 4 nitrogen and oxygen atoms in total. The van der Waals surface area contributed by atoms with Crippen LogP contribution in [-0.4, -0.2) is 20.5 Å². The van der Waals surface area contributed by atoms with Gasteiger partial charge in [0.05, 0.1) is 11.8 Å². The summed E-state index contributed by atoms with van der Waals surface area (Å²) in [6.45, 7) is 0. The lowest BCUT2D eigenvalue weighted by molar-refractivity contribution is 0.498. The summed E-state index contributed by atoms with van der Waals surface area (Å²) in [4.78, 5) is 9.42. The van der Waals surface area contributed by atoms with Gasteiger partial charge in [0.1, 0.15) is 5.82 Å². The van der Waals surface area contributed by atoms with Crippen molar-refractivity contribution >= 4 is 27.6 Å². The van der Waals surface area contributed by atoms with Crippen LogP contribution in [0.1, 0.15) is 23.6 Å². The van der Waals surface area contributed by atoms with Gasteiger partial charge in [0.2, 0.25) is 5.95 Å². The number of hydrogen-bond acceptors (Lipinski definition) is 3. The number of aromatic nitrogens is 3. The summed E-state index contributed by atoms with van der Waals surface area (Å²) in [5.74, 6) is 0.821. The summed E-state index contributed by atoms with van der Waals surface area (Å²) in [6.07, 6.45) is 0.535. The Balaban J connectivity index is 1.66. The van der Waals surface area contributed by atoms with Crippen molar-refractivity contribution in [3.8, 4) is 11.4 Å². The van der Waals surface area contributed by atoms with Crippen LogP contribution in [0.4, 0.5) is 10.3 Å². The monoisotopic (exact) mass is 446 g/mol. The molecular formula is C23H16BrFN4. The van der Waals surface area contributed by atoms with Crippen LogP contribution < -0.4 is 0 Å². The molecule has 1 aromatic heterocycles. The molecule has 0 amide bonds. The van der Waals surface area contributed by atoms with Gasteiger partial charge in [0.15, 0.2) is 5.82 Å². The highest BCUT2D eigenvalue weighted by Crippen LogP contribution is 2.35. The lowest BCUT2D eigenvalue weighted by Crippen LogP contribution is -2.22. The number of fused-ring (bicyclic) bond motifs is 1. The van der Waals surface area contributed by atoms with Gasteiger partial charge in [-0.15, -0.1) is 5.10 Å². The highest BCUT2D eigenvalue weighted by Gasteiger charge is 2.29. The van der Waals surface area contributed by atoms with Gasteiger partial charge < -0.3 is 0 Å².